The van der Waals surface area contributed by atoms with Crippen molar-refractivity contribution in [3.8, 4) is 0 Å². The molecule has 3 aliphatic heterocycles. The van der Waals surface area contributed by atoms with Crippen LogP contribution in [-0.4, -0.2) is 49.7 Å². The van der Waals surface area contributed by atoms with E-state index in [1.807, 2.05) is 0 Å². The van der Waals surface area contributed by atoms with Crippen LogP contribution < -0.4 is 21.3 Å². The minimum absolute atomic E-state index is 0.130. The van der Waals surface area contributed by atoms with Crippen molar-refractivity contribution in [3.63, 3.8) is 0 Å². The SMILES string of the molecule is CC1CCN(c2ccc3c(c2)Sc2cc(C(F)(F)F)cc(NC4CCN(CCN)CC4)c2N3)C1C. The molecule has 5 rings (SSSR count). The molecule has 0 amide bonds. The predicted molar refractivity (Wildman–Crippen MR) is 138 cm³/mol. The maximum absolute atomic E-state index is 13.8. The minimum Gasteiger partial charge on any atom is -0.380 e. The molecule has 0 saturated carbocycles. The van der Waals surface area contributed by atoms with E-state index in [9.17, 15) is 13.2 Å². The summed E-state index contributed by atoms with van der Waals surface area (Å²) in [6.45, 7) is 8.80. The molecule has 2 saturated heterocycles. The number of nitrogens with two attached hydrogens (primary N) is 1. The summed E-state index contributed by atoms with van der Waals surface area (Å²) in [6.07, 6.45) is -1.49. The topological polar surface area (TPSA) is 56.6 Å². The van der Waals surface area contributed by atoms with Gasteiger partial charge < -0.3 is 26.2 Å². The third-order valence-electron chi connectivity index (χ3n) is 7.74. The first kappa shape index (κ1) is 24.6. The highest BCUT2D eigenvalue weighted by Crippen LogP contribution is 2.51. The summed E-state index contributed by atoms with van der Waals surface area (Å²) >= 11 is 1.42. The van der Waals surface area contributed by atoms with Crippen LogP contribution in [-0.2, 0) is 6.18 Å². The van der Waals surface area contributed by atoms with Gasteiger partial charge in [-0.1, -0.05) is 18.7 Å². The molecule has 9 heteroatoms. The van der Waals surface area contributed by atoms with E-state index in [0.717, 1.165) is 67.4 Å². The smallest absolute Gasteiger partial charge is 0.380 e. The van der Waals surface area contributed by atoms with Gasteiger partial charge in [-0.2, -0.15) is 13.2 Å². The van der Waals surface area contributed by atoms with Crippen LogP contribution in [0.3, 0.4) is 0 Å². The second kappa shape index (κ2) is 9.75. The molecule has 4 N–H and O–H groups in total. The zero-order valence-electron chi connectivity index (χ0n) is 20.3. The highest BCUT2D eigenvalue weighted by Gasteiger charge is 2.34. The number of rotatable bonds is 5. The Morgan fingerprint density at radius 2 is 1.83 bits per heavy atom. The summed E-state index contributed by atoms with van der Waals surface area (Å²) in [5, 5.41) is 6.89. The summed E-state index contributed by atoms with van der Waals surface area (Å²) in [7, 11) is 0. The predicted octanol–water partition coefficient (Wildman–Crippen LogP) is 5.98. The first-order valence-electron chi connectivity index (χ1n) is 12.5. The average molecular weight is 506 g/mol. The van der Waals surface area contributed by atoms with Crippen LogP contribution in [0.1, 0.15) is 38.7 Å². The van der Waals surface area contributed by atoms with Gasteiger partial charge in [0.05, 0.1) is 22.6 Å². The van der Waals surface area contributed by atoms with Crippen molar-refractivity contribution in [1.29, 1.82) is 0 Å². The van der Waals surface area contributed by atoms with Crippen LogP contribution in [0.5, 0.6) is 0 Å². The quantitative estimate of drug-likeness (QED) is 0.396. The molecule has 2 atom stereocenters. The van der Waals surface area contributed by atoms with Crippen LogP contribution in [0.15, 0.2) is 40.1 Å². The van der Waals surface area contributed by atoms with Gasteiger partial charge in [-0.25, -0.2) is 0 Å². The second-order valence-electron chi connectivity index (χ2n) is 10.1. The van der Waals surface area contributed by atoms with Crippen LogP contribution in [0.4, 0.5) is 35.9 Å². The Morgan fingerprint density at radius 1 is 1.06 bits per heavy atom. The lowest BCUT2D eigenvalue weighted by molar-refractivity contribution is -0.137. The number of hydrogen-bond donors (Lipinski definition) is 3. The summed E-state index contributed by atoms with van der Waals surface area (Å²) in [6, 6.07) is 9.41. The van der Waals surface area contributed by atoms with E-state index in [-0.39, 0.29) is 6.04 Å². The van der Waals surface area contributed by atoms with Crippen molar-refractivity contribution in [2.75, 3.05) is 48.3 Å². The lowest BCUT2D eigenvalue weighted by Crippen LogP contribution is -2.41. The first-order chi connectivity index (χ1) is 16.7. The van der Waals surface area contributed by atoms with Crippen LogP contribution in [0, 0.1) is 5.92 Å². The molecule has 3 heterocycles. The molecule has 2 aromatic carbocycles. The van der Waals surface area contributed by atoms with Gasteiger partial charge in [0.25, 0.3) is 0 Å². The Kier molecular flexibility index (Phi) is 6.85. The number of nitrogens with zero attached hydrogens (tertiary/aromatic N) is 2. The molecule has 190 valence electrons. The molecule has 2 fully saturated rings. The van der Waals surface area contributed by atoms with Crippen molar-refractivity contribution in [3.05, 3.63) is 35.9 Å². The highest BCUT2D eigenvalue weighted by atomic mass is 32.2. The fraction of sp³-hybridized carbons (Fsp3) is 0.538. The molecular formula is C26H34F3N5S. The van der Waals surface area contributed by atoms with Crippen molar-refractivity contribution in [2.45, 2.75) is 61.2 Å². The van der Waals surface area contributed by atoms with E-state index in [1.54, 1.807) is 0 Å². The second-order valence-corrected chi connectivity index (χ2v) is 11.1. The molecule has 2 unspecified atom stereocenters. The van der Waals surface area contributed by atoms with Gasteiger partial charge in [0.2, 0.25) is 0 Å². The normalized spacial score (nSPS) is 23.1. The lowest BCUT2D eigenvalue weighted by atomic mass is 10.0. The molecule has 0 aromatic heterocycles. The van der Waals surface area contributed by atoms with Crippen molar-refractivity contribution in [2.24, 2.45) is 11.7 Å². The average Bonchev–Trinajstić information content (AvgIpc) is 3.16. The molecule has 35 heavy (non-hydrogen) atoms. The summed E-state index contributed by atoms with van der Waals surface area (Å²) < 4.78 is 41.4. The fourth-order valence-electron chi connectivity index (χ4n) is 5.40. The van der Waals surface area contributed by atoms with Crippen LogP contribution in [0.2, 0.25) is 0 Å². The minimum atomic E-state index is -4.40. The lowest BCUT2D eigenvalue weighted by Gasteiger charge is -2.34. The number of halogens is 3. The molecule has 0 spiro atoms. The van der Waals surface area contributed by atoms with Crippen molar-refractivity contribution in [1.82, 2.24) is 4.90 Å². The first-order valence-corrected chi connectivity index (χ1v) is 13.3. The van der Waals surface area contributed by atoms with E-state index >= 15 is 0 Å². The van der Waals surface area contributed by atoms with Gasteiger partial charge in [0.1, 0.15) is 0 Å². The Bertz CT molecular complexity index is 1070. The van der Waals surface area contributed by atoms with Crippen molar-refractivity contribution >= 4 is 34.5 Å². The molecule has 5 nitrogen and oxygen atoms in total. The van der Waals surface area contributed by atoms with Crippen molar-refractivity contribution < 1.29 is 13.2 Å². The highest BCUT2D eigenvalue weighted by molar-refractivity contribution is 7.99. The van der Waals surface area contributed by atoms with Crippen LogP contribution >= 0.6 is 11.8 Å². The maximum Gasteiger partial charge on any atom is 0.416 e. The number of anilines is 4. The Balaban J connectivity index is 1.42. The fourth-order valence-corrected chi connectivity index (χ4v) is 6.49. The number of benzene rings is 2. The number of hydrogen-bond acceptors (Lipinski definition) is 6. The van der Waals surface area contributed by atoms with E-state index in [4.69, 9.17) is 5.73 Å². The molecule has 0 aliphatic carbocycles. The number of likely N-dealkylation sites (tertiary alicyclic amines) is 1. The molecule has 0 bridgehead atoms. The molecule has 2 aromatic rings. The standard InChI is InChI=1S/C26H34F3N5S/c1-16-5-11-34(17(16)2)20-3-4-21-23(15-20)35-24-14-18(26(27,28)29)13-22(25(24)32-21)31-19-6-9-33(10-7-19)12-8-30/h3-4,13-17,19,31-32H,5-12,30H2,1-2H3. The molecular weight excluding hydrogens is 471 g/mol. The number of fused-ring (bicyclic) bond motifs is 2. The van der Waals surface area contributed by atoms with E-state index < -0.39 is 11.7 Å². The Morgan fingerprint density at radius 3 is 2.49 bits per heavy atom. The number of nitrogens with one attached hydrogen (secondary N) is 2. The van der Waals surface area contributed by atoms with E-state index in [1.165, 1.54) is 23.9 Å². The van der Waals surface area contributed by atoms with E-state index in [0.29, 0.717) is 29.1 Å². The van der Waals surface area contributed by atoms with Gasteiger partial charge in [0.15, 0.2) is 0 Å². The molecule has 3 aliphatic rings. The monoisotopic (exact) mass is 505 g/mol. The van der Waals surface area contributed by atoms with Gasteiger partial charge in [-0.3, -0.25) is 0 Å². The molecule has 0 radical (unpaired) electrons. The number of alkyl halides is 3. The van der Waals surface area contributed by atoms with Gasteiger partial charge in [-0.15, -0.1) is 0 Å². The third kappa shape index (κ3) is 5.08. The largest absolute Gasteiger partial charge is 0.416 e. The Labute approximate surface area is 209 Å². The van der Waals surface area contributed by atoms with Gasteiger partial charge in [0, 0.05) is 60.3 Å². The summed E-state index contributed by atoms with van der Waals surface area (Å²) in [5.41, 5.74) is 8.38. The number of piperidine rings is 1. The summed E-state index contributed by atoms with van der Waals surface area (Å²) in [4.78, 5) is 6.28. The van der Waals surface area contributed by atoms with Gasteiger partial charge >= 0.3 is 6.18 Å². The zero-order chi connectivity index (χ0) is 24.7. The Hall–Kier alpha value is -2.10. The zero-order valence-corrected chi connectivity index (χ0v) is 21.1. The van der Waals surface area contributed by atoms with E-state index in [2.05, 4.69) is 52.5 Å². The maximum atomic E-state index is 13.8. The third-order valence-corrected chi connectivity index (χ3v) is 8.84. The van der Waals surface area contributed by atoms with Crippen LogP contribution in [0.25, 0.3) is 0 Å². The van der Waals surface area contributed by atoms with Gasteiger partial charge in [-0.05, 0) is 62.4 Å². The summed E-state index contributed by atoms with van der Waals surface area (Å²) in [5.74, 6) is 0.627.